The number of H-pyrrole nitrogens is 1. The molecule has 28 heavy (non-hydrogen) atoms. The summed E-state index contributed by atoms with van der Waals surface area (Å²) in [5.74, 6) is 1.92. The molecule has 0 aliphatic carbocycles. The molecule has 0 fully saturated rings. The lowest BCUT2D eigenvalue weighted by molar-refractivity contribution is 0.324. The van der Waals surface area contributed by atoms with Gasteiger partial charge in [0.05, 0.1) is 32.6 Å². The highest BCUT2D eigenvalue weighted by Crippen LogP contribution is 2.40. The second-order valence-electron chi connectivity index (χ2n) is 5.49. The van der Waals surface area contributed by atoms with Crippen molar-refractivity contribution < 1.29 is 14.2 Å². The lowest BCUT2D eigenvalue weighted by atomic mass is 10.1. The van der Waals surface area contributed by atoms with Crippen LogP contribution in [0.1, 0.15) is 5.56 Å². The molecule has 146 valence electrons. The van der Waals surface area contributed by atoms with E-state index >= 15 is 0 Å². The van der Waals surface area contributed by atoms with Crippen molar-refractivity contribution in [2.75, 3.05) is 21.3 Å². The van der Waals surface area contributed by atoms with Crippen LogP contribution in [0.3, 0.4) is 0 Å². The maximum atomic E-state index is 6.20. The van der Waals surface area contributed by atoms with Gasteiger partial charge in [0.15, 0.2) is 17.3 Å². The van der Waals surface area contributed by atoms with Gasteiger partial charge in [-0.15, -0.1) is 0 Å². The smallest absolute Gasteiger partial charge is 0.216 e. The maximum absolute atomic E-state index is 6.20. The predicted molar refractivity (Wildman–Crippen MR) is 112 cm³/mol. The van der Waals surface area contributed by atoms with Gasteiger partial charge in [-0.05, 0) is 36.5 Å². The summed E-state index contributed by atoms with van der Waals surface area (Å²) >= 11 is 17.4. The van der Waals surface area contributed by atoms with Crippen LogP contribution >= 0.6 is 35.4 Å². The van der Waals surface area contributed by atoms with Crippen LogP contribution in [0.5, 0.6) is 17.2 Å². The van der Waals surface area contributed by atoms with Gasteiger partial charge in [0.1, 0.15) is 0 Å². The highest BCUT2D eigenvalue weighted by molar-refractivity contribution is 7.71. The molecule has 1 N–H and O–H groups in total. The van der Waals surface area contributed by atoms with E-state index in [1.165, 1.54) is 11.8 Å². The third kappa shape index (κ3) is 3.99. The van der Waals surface area contributed by atoms with Crippen molar-refractivity contribution in [2.24, 2.45) is 5.10 Å². The number of halogens is 2. The van der Waals surface area contributed by atoms with Crippen LogP contribution in [0, 0.1) is 4.77 Å². The van der Waals surface area contributed by atoms with E-state index in [4.69, 9.17) is 49.6 Å². The van der Waals surface area contributed by atoms with Gasteiger partial charge >= 0.3 is 0 Å². The number of hydrogen-bond acceptors (Lipinski definition) is 6. The quantitative estimate of drug-likeness (QED) is 0.440. The molecule has 2 aromatic carbocycles. The summed E-state index contributed by atoms with van der Waals surface area (Å²) in [5, 5.41) is 12.4. The van der Waals surface area contributed by atoms with Crippen LogP contribution in [0.2, 0.25) is 10.0 Å². The second kappa shape index (κ2) is 8.64. The topological polar surface area (TPSA) is 73.7 Å². The van der Waals surface area contributed by atoms with Gasteiger partial charge in [-0.25, -0.2) is 5.10 Å². The molecular weight excluding hydrogens is 423 g/mol. The highest BCUT2D eigenvalue weighted by atomic mass is 35.5. The van der Waals surface area contributed by atoms with Gasteiger partial charge in [0, 0.05) is 16.1 Å². The van der Waals surface area contributed by atoms with Crippen LogP contribution in [0.4, 0.5) is 0 Å². The zero-order valence-corrected chi connectivity index (χ0v) is 17.5. The Hall–Kier alpha value is -2.55. The molecule has 1 heterocycles. The molecule has 3 rings (SSSR count). The van der Waals surface area contributed by atoms with Crippen LogP contribution in [-0.4, -0.2) is 42.4 Å². The van der Waals surface area contributed by atoms with Gasteiger partial charge in [-0.2, -0.15) is 14.9 Å². The Labute approximate surface area is 176 Å². The Morgan fingerprint density at radius 2 is 1.75 bits per heavy atom. The normalized spacial score (nSPS) is 11.0. The number of nitrogens with one attached hydrogen (secondary N) is 1. The SMILES string of the molecule is COc1cc(-c2n[nH]c(=S)n2/N=C/c2ccc(Cl)cc2Cl)cc(OC)c1OC. The lowest BCUT2D eigenvalue weighted by Gasteiger charge is -2.13. The summed E-state index contributed by atoms with van der Waals surface area (Å²) < 4.78 is 17.9. The lowest BCUT2D eigenvalue weighted by Crippen LogP contribution is -1.99. The Kier molecular flexibility index (Phi) is 6.23. The van der Waals surface area contributed by atoms with Crippen molar-refractivity contribution in [1.29, 1.82) is 0 Å². The fourth-order valence-electron chi connectivity index (χ4n) is 2.52. The van der Waals surface area contributed by atoms with Crippen molar-refractivity contribution in [1.82, 2.24) is 14.9 Å². The number of aromatic amines is 1. The van der Waals surface area contributed by atoms with E-state index < -0.39 is 0 Å². The summed E-state index contributed by atoms with van der Waals surface area (Å²) in [6.07, 6.45) is 1.57. The second-order valence-corrected chi connectivity index (χ2v) is 6.72. The number of ether oxygens (including phenoxy) is 3. The standard InChI is InChI=1S/C18H16Cl2N4O3S/c1-25-14-6-11(7-15(26-2)16(14)27-3)17-22-23-18(28)24(17)21-9-10-4-5-12(19)8-13(10)20/h4-9H,1-3H3,(H,23,28)/b21-9+. The van der Waals surface area contributed by atoms with E-state index in [9.17, 15) is 0 Å². The van der Waals surface area contributed by atoms with Gasteiger partial charge in [0.25, 0.3) is 0 Å². The number of rotatable bonds is 6. The molecule has 3 aromatic rings. The van der Waals surface area contributed by atoms with Crippen molar-refractivity contribution in [3.8, 4) is 28.6 Å². The van der Waals surface area contributed by atoms with Gasteiger partial charge in [-0.1, -0.05) is 29.3 Å². The number of aromatic nitrogens is 3. The minimum absolute atomic E-state index is 0.310. The summed E-state index contributed by atoms with van der Waals surface area (Å²) in [5.41, 5.74) is 1.35. The molecule has 0 unspecified atom stereocenters. The average Bonchev–Trinajstić information content (AvgIpc) is 3.06. The summed E-state index contributed by atoms with van der Waals surface area (Å²) in [4.78, 5) is 0. The van der Waals surface area contributed by atoms with Gasteiger partial charge < -0.3 is 14.2 Å². The first-order chi connectivity index (χ1) is 13.5. The Bertz CT molecular complexity index is 1070. The molecule has 0 aliphatic heterocycles. The fourth-order valence-corrected chi connectivity index (χ4v) is 3.16. The molecule has 0 amide bonds. The molecule has 0 bridgehead atoms. The first-order valence-electron chi connectivity index (χ1n) is 7.95. The van der Waals surface area contributed by atoms with Crippen LogP contribution < -0.4 is 14.2 Å². The van der Waals surface area contributed by atoms with Crippen LogP contribution in [0.25, 0.3) is 11.4 Å². The molecule has 1 aromatic heterocycles. The van der Waals surface area contributed by atoms with E-state index in [-0.39, 0.29) is 0 Å². The summed E-state index contributed by atoms with van der Waals surface area (Å²) in [6, 6.07) is 8.64. The predicted octanol–water partition coefficient (Wildman–Crippen LogP) is 4.82. The van der Waals surface area contributed by atoms with E-state index in [1.807, 2.05) is 0 Å². The molecule has 0 aliphatic rings. The van der Waals surface area contributed by atoms with E-state index in [0.717, 1.165) is 0 Å². The molecule has 0 saturated heterocycles. The Morgan fingerprint density at radius 3 is 2.32 bits per heavy atom. The number of hydrogen-bond donors (Lipinski definition) is 1. The zero-order valence-electron chi connectivity index (χ0n) is 15.2. The minimum atomic E-state index is 0.310. The number of methoxy groups -OCH3 is 3. The first-order valence-corrected chi connectivity index (χ1v) is 9.12. The van der Waals surface area contributed by atoms with Gasteiger partial charge in [-0.3, -0.25) is 0 Å². The average molecular weight is 439 g/mol. The number of nitrogens with zero attached hydrogens (tertiary/aromatic N) is 3. The minimum Gasteiger partial charge on any atom is -0.493 e. The first kappa shape index (κ1) is 20.2. The highest BCUT2D eigenvalue weighted by Gasteiger charge is 2.17. The van der Waals surface area contributed by atoms with E-state index in [1.54, 1.807) is 50.8 Å². The number of benzene rings is 2. The Morgan fingerprint density at radius 1 is 1.07 bits per heavy atom. The molecule has 0 spiro atoms. The van der Waals surface area contributed by atoms with Crippen LogP contribution in [0.15, 0.2) is 35.4 Å². The van der Waals surface area contributed by atoms with Crippen LogP contribution in [-0.2, 0) is 0 Å². The zero-order chi connectivity index (χ0) is 20.3. The molecule has 0 radical (unpaired) electrons. The summed E-state index contributed by atoms with van der Waals surface area (Å²) in [6.45, 7) is 0. The molecule has 0 saturated carbocycles. The maximum Gasteiger partial charge on any atom is 0.216 e. The van der Waals surface area contributed by atoms with Crippen molar-refractivity contribution in [2.45, 2.75) is 0 Å². The third-order valence-corrected chi connectivity index (χ3v) is 4.67. The molecule has 10 heteroatoms. The monoisotopic (exact) mass is 438 g/mol. The molecule has 7 nitrogen and oxygen atoms in total. The largest absolute Gasteiger partial charge is 0.493 e. The summed E-state index contributed by atoms with van der Waals surface area (Å²) in [7, 11) is 4.62. The van der Waals surface area contributed by atoms with Crippen molar-refractivity contribution >= 4 is 41.6 Å². The Balaban J connectivity index is 2.08. The third-order valence-electron chi connectivity index (χ3n) is 3.85. The fraction of sp³-hybridized carbons (Fsp3) is 0.167. The van der Waals surface area contributed by atoms with Gasteiger partial charge in [0.2, 0.25) is 10.5 Å². The van der Waals surface area contributed by atoms with E-state index in [2.05, 4.69) is 15.3 Å². The van der Waals surface area contributed by atoms with E-state index in [0.29, 0.717) is 49.0 Å². The van der Waals surface area contributed by atoms with Crippen molar-refractivity contribution in [3.63, 3.8) is 0 Å². The van der Waals surface area contributed by atoms with Crippen molar-refractivity contribution in [3.05, 3.63) is 50.7 Å². The molecule has 0 atom stereocenters. The molecular formula is C18H16Cl2N4O3S.